The molecule has 0 spiro atoms. The molecule has 0 bridgehead atoms. The van der Waals surface area contributed by atoms with Gasteiger partial charge in [-0.2, -0.15) is 0 Å². The Balaban J connectivity index is 0.00000288. The van der Waals surface area contributed by atoms with Crippen LogP contribution in [-0.2, 0) is 9.59 Å². The van der Waals surface area contributed by atoms with Crippen LogP contribution in [0.1, 0.15) is 39.5 Å². The first-order valence-corrected chi connectivity index (χ1v) is 8.54. The van der Waals surface area contributed by atoms with Crippen LogP contribution in [0.4, 0.5) is 4.79 Å². The van der Waals surface area contributed by atoms with Crippen LogP contribution in [0.25, 0.3) is 0 Å². The third-order valence-corrected chi connectivity index (χ3v) is 5.21. The van der Waals surface area contributed by atoms with Crippen molar-refractivity contribution in [3.63, 3.8) is 0 Å². The molecule has 24 heavy (non-hydrogen) atoms. The highest BCUT2D eigenvalue weighted by molar-refractivity contribution is 6.08. The molecule has 2 fully saturated rings. The number of nitrogens with zero attached hydrogens (tertiary/aromatic N) is 2. The van der Waals surface area contributed by atoms with Crippen molar-refractivity contribution in [1.29, 1.82) is 0 Å². The maximum atomic E-state index is 12.5. The Morgan fingerprint density at radius 3 is 2.29 bits per heavy atom. The van der Waals surface area contributed by atoms with E-state index < -0.39 is 11.6 Å². The molecule has 0 radical (unpaired) electrons. The Morgan fingerprint density at radius 1 is 1.25 bits per heavy atom. The summed E-state index contributed by atoms with van der Waals surface area (Å²) in [6.45, 7) is 5.95. The van der Waals surface area contributed by atoms with Crippen molar-refractivity contribution in [2.45, 2.75) is 45.1 Å². The summed E-state index contributed by atoms with van der Waals surface area (Å²) in [5.41, 5.74) is -0.836. The molecule has 0 aromatic rings. The number of urea groups is 1. The molecule has 2 heterocycles. The van der Waals surface area contributed by atoms with Gasteiger partial charge in [0, 0.05) is 13.1 Å². The average Bonchev–Trinajstić information content (AvgIpc) is 2.80. The van der Waals surface area contributed by atoms with Crippen LogP contribution >= 0.6 is 12.4 Å². The van der Waals surface area contributed by atoms with Gasteiger partial charge in [0.25, 0.3) is 5.91 Å². The number of rotatable bonds is 6. The van der Waals surface area contributed by atoms with Crippen LogP contribution in [0.15, 0.2) is 0 Å². The van der Waals surface area contributed by atoms with Gasteiger partial charge in [0.2, 0.25) is 5.91 Å². The molecule has 2 rings (SSSR count). The standard InChI is InChI=1S/C16H28N4O3.ClH/c1-4-16(5-2)14(22)20(15(23)18-16)11-13(21)19-8-6-12(7-9-19)10-17-3;/h12,17H,4-11H2,1-3H3,(H,18,23);1H. The average molecular weight is 361 g/mol. The topological polar surface area (TPSA) is 81.8 Å². The van der Waals surface area contributed by atoms with E-state index in [2.05, 4.69) is 10.6 Å². The Kier molecular flexibility index (Phi) is 7.48. The predicted octanol–water partition coefficient (Wildman–Crippen LogP) is 0.977. The summed E-state index contributed by atoms with van der Waals surface area (Å²) in [5.74, 6) is 0.180. The van der Waals surface area contributed by atoms with Gasteiger partial charge in [-0.25, -0.2) is 4.79 Å². The number of carbonyl (C=O) groups excluding carboxylic acids is 3. The first-order chi connectivity index (χ1) is 11.0. The van der Waals surface area contributed by atoms with Crippen molar-refractivity contribution in [3.05, 3.63) is 0 Å². The van der Waals surface area contributed by atoms with E-state index in [0.717, 1.165) is 24.3 Å². The molecule has 0 atom stereocenters. The zero-order chi connectivity index (χ0) is 17.0. The van der Waals surface area contributed by atoms with Crippen LogP contribution < -0.4 is 10.6 Å². The highest BCUT2D eigenvalue weighted by Crippen LogP contribution is 2.25. The van der Waals surface area contributed by atoms with E-state index in [-0.39, 0.29) is 30.8 Å². The van der Waals surface area contributed by atoms with Crippen molar-refractivity contribution < 1.29 is 14.4 Å². The highest BCUT2D eigenvalue weighted by Gasteiger charge is 2.49. The minimum Gasteiger partial charge on any atom is -0.341 e. The fourth-order valence-electron chi connectivity index (χ4n) is 3.46. The number of nitrogens with one attached hydrogen (secondary N) is 2. The van der Waals surface area contributed by atoms with Crippen molar-refractivity contribution in [2.75, 3.05) is 33.2 Å². The van der Waals surface area contributed by atoms with Gasteiger partial charge < -0.3 is 15.5 Å². The number of carbonyl (C=O) groups is 3. The fraction of sp³-hybridized carbons (Fsp3) is 0.812. The smallest absolute Gasteiger partial charge is 0.325 e. The van der Waals surface area contributed by atoms with E-state index >= 15 is 0 Å². The van der Waals surface area contributed by atoms with Gasteiger partial charge >= 0.3 is 6.03 Å². The molecule has 0 unspecified atom stereocenters. The summed E-state index contributed by atoms with van der Waals surface area (Å²) < 4.78 is 0. The number of imide groups is 1. The van der Waals surface area contributed by atoms with E-state index in [1.165, 1.54) is 0 Å². The second-order valence-corrected chi connectivity index (χ2v) is 6.49. The lowest BCUT2D eigenvalue weighted by atomic mass is 9.93. The summed E-state index contributed by atoms with van der Waals surface area (Å²) in [6, 6.07) is -0.447. The number of halogens is 1. The molecule has 7 nitrogen and oxygen atoms in total. The number of amides is 4. The lowest BCUT2D eigenvalue weighted by molar-refractivity contribution is -0.139. The molecular weight excluding hydrogens is 332 g/mol. The normalized spacial score (nSPS) is 20.8. The van der Waals surface area contributed by atoms with Gasteiger partial charge in [-0.3, -0.25) is 14.5 Å². The molecule has 2 aliphatic heterocycles. The molecule has 0 aliphatic carbocycles. The molecule has 4 amide bonds. The first kappa shape index (κ1) is 20.7. The van der Waals surface area contributed by atoms with Gasteiger partial charge in [-0.15, -0.1) is 12.4 Å². The third-order valence-electron chi connectivity index (χ3n) is 5.21. The number of likely N-dealkylation sites (tertiary alicyclic amines) is 1. The van der Waals surface area contributed by atoms with E-state index in [1.54, 1.807) is 4.90 Å². The molecule has 138 valence electrons. The lowest BCUT2D eigenvalue weighted by Crippen LogP contribution is -2.48. The SMILES string of the molecule is CCC1(CC)NC(=O)N(CC(=O)N2CCC(CNC)CC2)C1=O.Cl. The quantitative estimate of drug-likeness (QED) is 0.692. The van der Waals surface area contributed by atoms with Gasteiger partial charge in [-0.1, -0.05) is 13.8 Å². The maximum Gasteiger partial charge on any atom is 0.325 e. The largest absolute Gasteiger partial charge is 0.341 e. The van der Waals surface area contributed by atoms with Crippen molar-refractivity contribution in [3.8, 4) is 0 Å². The Bertz CT molecular complexity index is 474. The van der Waals surface area contributed by atoms with Gasteiger partial charge in [0.05, 0.1) is 0 Å². The summed E-state index contributed by atoms with van der Waals surface area (Å²) in [7, 11) is 1.93. The van der Waals surface area contributed by atoms with E-state index in [4.69, 9.17) is 0 Å². The molecular formula is C16H29ClN4O3. The summed E-state index contributed by atoms with van der Waals surface area (Å²) in [4.78, 5) is 39.9. The van der Waals surface area contributed by atoms with Crippen molar-refractivity contribution in [1.82, 2.24) is 20.4 Å². The molecule has 2 aliphatic rings. The molecule has 0 aromatic heterocycles. The molecule has 0 saturated carbocycles. The van der Waals surface area contributed by atoms with Gasteiger partial charge in [0.15, 0.2) is 0 Å². The zero-order valence-electron chi connectivity index (χ0n) is 14.8. The summed E-state index contributed by atoms with van der Waals surface area (Å²) in [6.07, 6.45) is 2.99. The lowest BCUT2D eigenvalue weighted by Gasteiger charge is -2.32. The van der Waals surface area contributed by atoms with E-state index in [0.29, 0.717) is 31.8 Å². The zero-order valence-corrected chi connectivity index (χ0v) is 15.6. The van der Waals surface area contributed by atoms with E-state index in [1.807, 2.05) is 20.9 Å². The Hall–Kier alpha value is -1.34. The summed E-state index contributed by atoms with van der Waals surface area (Å²) >= 11 is 0. The van der Waals surface area contributed by atoms with Crippen LogP contribution in [0.2, 0.25) is 0 Å². The van der Waals surface area contributed by atoms with Crippen LogP contribution in [-0.4, -0.2) is 66.4 Å². The first-order valence-electron chi connectivity index (χ1n) is 8.54. The minimum absolute atomic E-state index is 0. The Labute approximate surface area is 149 Å². The molecule has 0 aromatic carbocycles. The number of hydrogen-bond donors (Lipinski definition) is 2. The predicted molar refractivity (Wildman–Crippen MR) is 94.0 cm³/mol. The Morgan fingerprint density at radius 2 is 1.83 bits per heavy atom. The second kappa shape index (κ2) is 8.67. The van der Waals surface area contributed by atoms with Gasteiger partial charge in [-0.05, 0) is 45.2 Å². The minimum atomic E-state index is -0.836. The van der Waals surface area contributed by atoms with Crippen LogP contribution in [0.3, 0.4) is 0 Å². The van der Waals surface area contributed by atoms with Crippen LogP contribution in [0, 0.1) is 5.92 Å². The maximum absolute atomic E-state index is 12.5. The van der Waals surface area contributed by atoms with Crippen molar-refractivity contribution in [2.24, 2.45) is 5.92 Å². The molecule has 2 N–H and O–H groups in total. The van der Waals surface area contributed by atoms with Crippen LogP contribution in [0.5, 0.6) is 0 Å². The fourth-order valence-corrected chi connectivity index (χ4v) is 3.46. The third kappa shape index (κ3) is 4.00. The summed E-state index contributed by atoms with van der Waals surface area (Å²) in [5, 5.41) is 5.92. The number of hydrogen-bond acceptors (Lipinski definition) is 4. The highest BCUT2D eigenvalue weighted by atomic mass is 35.5. The van der Waals surface area contributed by atoms with E-state index in [9.17, 15) is 14.4 Å². The van der Waals surface area contributed by atoms with Crippen molar-refractivity contribution >= 4 is 30.3 Å². The number of piperidine rings is 1. The second-order valence-electron chi connectivity index (χ2n) is 6.49. The van der Waals surface area contributed by atoms with Gasteiger partial charge in [0.1, 0.15) is 12.1 Å². The molecule has 2 saturated heterocycles. The molecule has 8 heteroatoms. The monoisotopic (exact) mass is 360 g/mol.